The molecule has 0 atom stereocenters. The van der Waals surface area contributed by atoms with E-state index in [1.165, 1.54) is 47.1 Å². The number of nitrogens with two attached hydrogens (primary N) is 1. The summed E-state index contributed by atoms with van der Waals surface area (Å²) < 4.78 is 0. The molecular formula is C33H41NO3. The number of phenolic OH excluding ortho intramolecular Hbond substituents is 1. The van der Waals surface area contributed by atoms with Gasteiger partial charge in [-0.05, 0) is 107 Å². The van der Waals surface area contributed by atoms with E-state index in [2.05, 4.69) is 59.8 Å². The molecule has 4 nitrogen and oxygen atoms in total. The molecular weight excluding hydrogens is 458 g/mol. The van der Waals surface area contributed by atoms with Gasteiger partial charge in [0.15, 0.2) is 0 Å². The summed E-state index contributed by atoms with van der Waals surface area (Å²) in [5.41, 5.74) is 14.7. The van der Waals surface area contributed by atoms with Crippen LogP contribution in [0.1, 0.15) is 99.0 Å². The Bertz CT molecular complexity index is 1250. The summed E-state index contributed by atoms with van der Waals surface area (Å²) in [6, 6.07) is 18.4. The molecule has 0 fully saturated rings. The SMILES string of the molecule is CCCCc1cc2c(cc1C(C)=Cc1ccc(C(=O)O)cc1)C(C)(C)CC2(C)C.Nc1ccc(O)cc1. The number of allylic oxidation sites excluding steroid dienone is 1. The number of anilines is 1. The number of nitrogen functional groups attached to an aromatic ring is 1. The number of aromatic hydroxyl groups is 1. The predicted octanol–water partition coefficient (Wildman–Crippen LogP) is 8.22. The van der Waals surface area contributed by atoms with E-state index in [-0.39, 0.29) is 16.6 Å². The number of aryl methyl sites for hydroxylation is 1. The summed E-state index contributed by atoms with van der Waals surface area (Å²) >= 11 is 0. The average Bonchev–Trinajstić information content (AvgIpc) is 3.02. The largest absolute Gasteiger partial charge is 0.508 e. The molecule has 0 spiro atoms. The molecule has 0 aliphatic heterocycles. The van der Waals surface area contributed by atoms with E-state index in [1.54, 1.807) is 36.4 Å². The molecule has 0 unspecified atom stereocenters. The van der Waals surface area contributed by atoms with E-state index >= 15 is 0 Å². The van der Waals surface area contributed by atoms with Gasteiger partial charge in [0, 0.05) is 5.69 Å². The van der Waals surface area contributed by atoms with Crippen LogP contribution in [0.15, 0.2) is 60.7 Å². The van der Waals surface area contributed by atoms with Gasteiger partial charge in [-0.1, -0.05) is 71.4 Å². The van der Waals surface area contributed by atoms with E-state index < -0.39 is 5.97 Å². The van der Waals surface area contributed by atoms with E-state index in [1.807, 2.05) is 12.1 Å². The number of unbranched alkanes of at least 4 members (excludes halogenated alkanes) is 1. The van der Waals surface area contributed by atoms with Gasteiger partial charge < -0.3 is 15.9 Å². The Balaban J connectivity index is 0.000000405. The van der Waals surface area contributed by atoms with Crippen LogP contribution in [-0.4, -0.2) is 16.2 Å². The van der Waals surface area contributed by atoms with Gasteiger partial charge in [-0.15, -0.1) is 0 Å². The van der Waals surface area contributed by atoms with Gasteiger partial charge >= 0.3 is 5.97 Å². The summed E-state index contributed by atoms with van der Waals surface area (Å²) in [5.74, 6) is -0.637. The molecule has 1 aliphatic carbocycles. The molecule has 0 amide bonds. The maximum atomic E-state index is 11.1. The highest BCUT2D eigenvalue weighted by Crippen LogP contribution is 2.50. The lowest BCUT2D eigenvalue weighted by Crippen LogP contribution is -2.18. The molecule has 0 aromatic heterocycles. The standard InChI is InChI=1S/C27H34O2.C6H7NO/c1-7-8-9-21-15-23-24(27(5,6)17-26(23,3)4)16-22(21)18(2)14-19-10-12-20(13-11-19)25(28)29;7-5-1-3-6(8)4-2-5/h10-16H,7-9,17H2,1-6H3,(H,28,29);1-4,8H,7H2. The van der Waals surface area contributed by atoms with Crippen LogP contribution in [0.3, 0.4) is 0 Å². The Labute approximate surface area is 221 Å². The molecule has 4 heteroatoms. The van der Waals surface area contributed by atoms with Crippen LogP contribution in [-0.2, 0) is 17.3 Å². The Hall–Kier alpha value is -3.53. The molecule has 0 saturated heterocycles. The number of hydrogen-bond acceptors (Lipinski definition) is 3. The Morgan fingerprint density at radius 2 is 1.51 bits per heavy atom. The fourth-order valence-corrected chi connectivity index (χ4v) is 5.52. The molecule has 196 valence electrons. The van der Waals surface area contributed by atoms with E-state index in [0.717, 1.165) is 12.0 Å². The number of carbonyl (C=O) groups is 1. The summed E-state index contributed by atoms with van der Waals surface area (Å²) in [5, 5.41) is 17.8. The number of carboxylic acid groups (broad SMARTS) is 1. The van der Waals surface area contributed by atoms with E-state index in [4.69, 9.17) is 15.9 Å². The summed E-state index contributed by atoms with van der Waals surface area (Å²) in [6.45, 7) is 13.9. The van der Waals surface area contributed by atoms with Gasteiger partial charge in [-0.25, -0.2) is 4.79 Å². The smallest absolute Gasteiger partial charge is 0.335 e. The number of rotatable bonds is 6. The molecule has 3 aromatic rings. The van der Waals surface area contributed by atoms with Gasteiger partial charge in [0.1, 0.15) is 5.75 Å². The van der Waals surface area contributed by atoms with Crippen molar-refractivity contribution in [2.45, 2.75) is 78.1 Å². The number of aromatic carboxylic acids is 1. The normalized spacial score (nSPS) is 15.5. The maximum Gasteiger partial charge on any atom is 0.335 e. The zero-order valence-electron chi connectivity index (χ0n) is 23.1. The van der Waals surface area contributed by atoms with Crippen molar-refractivity contribution in [3.63, 3.8) is 0 Å². The van der Waals surface area contributed by atoms with Crippen LogP contribution < -0.4 is 5.73 Å². The van der Waals surface area contributed by atoms with Gasteiger partial charge in [-0.2, -0.15) is 0 Å². The lowest BCUT2D eigenvalue weighted by atomic mass is 9.82. The van der Waals surface area contributed by atoms with Crippen LogP contribution in [0.25, 0.3) is 11.6 Å². The first-order chi connectivity index (χ1) is 17.3. The number of benzene rings is 3. The highest BCUT2D eigenvalue weighted by molar-refractivity contribution is 5.88. The third-order valence-corrected chi connectivity index (χ3v) is 7.24. The van der Waals surface area contributed by atoms with Crippen molar-refractivity contribution in [1.82, 2.24) is 0 Å². The lowest BCUT2D eigenvalue weighted by molar-refractivity contribution is 0.0697. The highest BCUT2D eigenvalue weighted by atomic mass is 16.4. The molecule has 37 heavy (non-hydrogen) atoms. The molecule has 4 rings (SSSR count). The quantitative estimate of drug-likeness (QED) is 0.181. The van der Waals surface area contributed by atoms with Crippen LogP contribution in [0.4, 0.5) is 5.69 Å². The summed E-state index contributed by atoms with van der Waals surface area (Å²) in [4.78, 5) is 11.1. The van der Waals surface area contributed by atoms with Crippen molar-refractivity contribution in [1.29, 1.82) is 0 Å². The van der Waals surface area contributed by atoms with Crippen molar-refractivity contribution in [3.05, 3.63) is 94.0 Å². The number of phenols is 1. The monoisotopic (exact) mass is 499 g/mol. The van der Waals surface area contributed by atoms with Gasteiger partial charge in [0.2, 0.25) is 0 Å². The van der Waals surface area contributed by atoms with Crippen LogP contribution in [0, 0.1) is 0 Å². The molecule has 1 aliphatic rings. The Morgan fingerprint density at radius 1 is 0.946 bits per heavy atom. The number of carboxylic acids is 1. The fourth-order valence-electron chi connectivity index (χ4n) is 5.52. The van der Waals surface area contributed by atoms with Gasteiger partial charge in [-0.3, -0.25) is 0 Å². The maximum absolute atomic E-state index is 11.1. The average molecular weight is 500 g/mol. The second-order valence-electron chi connectivity index (χ2n) is 11.4. The van der Waals surface area contributed by atoms with Crippen molar-refractivity contribution in [2.75, 3.05) is 5.73 Å². The predicted molar refractivity (Wildman–Crippen MR) is 155 cm³/mol. The van der Waals surface area contributed by atoms with Crippen molar-refractivity contribution in [2.24, 2.45) is 0 Å². The fraction of sp³-hybridized carbons (Fsp3) is 0.364. The highest BCUT2D eigenvalue weighted by Gasteiger charge is 2.42. The van der Waals surface area contributed by atoms with Crippen molar-refractivity contribution < 1.29 is 15.0 Å². The first-order valence-corrected chi connectivity index (χ1v) is 13.1. The molecule has 3 aromatic carbocycles. The van der Waals surface area contributed by atoms with Crippen LogP contribution in [0.5, 0.6) is 5.75 Å². The minimum absolute atomic E-state index is 0.181. The second-order valence-corrected chi connectivity index (χ2v) is 11.4. The second kappa shape index (κ2) is 11.2. The topological polar surface area (TPSA) is 83.5 Å². The first-order valence-electron chi connectivity index (χ1n) is 13.1. The lowest BCUT2D eigenvalue weighted by Gasteiger charge is -2.22. The van der Waals surface area contributed by atoms with Crippen molar-refractivity contribution in [3.8, 4) is 5.75 Å². The van der Waals surface area contributed by atoms with Crippen LogP contribution in [0.2, 0.25) is 0 Å². The zero-order valence-corrected chi connectivity index (χ0v) is 23.1. The minimum Gasteiger partial charge on any atom is -0.508 e. The molecule has 0 bridgehead atoms. The Morgan fingerprint density at radius 3 is 2.03 bits per heavy atom. The molecule has 4 N–H and O–H groups in total. The number of hydrogen-bond donors (Lipinski definition) is 3. The number of fused-ring (bicyclic) bond motifs is 1. The van der Waals surface area contributed by atoms with Gasteiger partial charge in [0.25, 0.3) is 0 Å². The Kier molecular flexibility index (Phi) is 8.53. The van der Waals surface area contributed by atoms with E-state index in [9.17, 15) is 4.79 Å². The first kappa shape index (κ1) is 28.0. The van der Waals surface area contributed by atoms with E-state index in [0.29, 0.717) is 11.3 Å². The van der Waals surface area contributed by atoms with Crippen molar-refractivity contribution >= 4 is 23.3 Å². The third-order valence-electron chi connectivity index (χ3n) is 7.24. The summed E-state index contributed by atoms with van der Waals surface area (Å²) in [6.07, 6.45) is 6.82. The molecule has 0 saturated carbocycles. The van der Waals surface area contributed by atoms with Gasteiger partial charge in [0.05, 0.1) is 5.56 Å². The summed E-state index contributed by atoms with van der Waals surface area (Å²) in [7, 11) is 0. The minimum atomic E-state index is -0.887. The third kappa shape index (κ3) is 6.82. The van der Waals surface area contributed by atoms with Crippen LogP contribution >= 0.6 is 0 Å². The molecule has 0 heterocycles. The zero-order chi connectivity index (χ0) is 27.4. The molecule has 0 radical (unpaired) electrons.